The average molecular weight is 451 g/mol. The van der Waals surface area contributed by atoms with Crippen LogP contribution in [-0.4, -0.2) is 23.7 Å². The van der Waals surface area contributed by atoms with Gasteiger partial charge in [-0.2, -0.15) is 0 Å². The molecule has 1 unspecified atom stereocenters. The third kappa shape index (κ3) is 6.93. The molecule has 1 N–H and O–H groups in total. The molecule has 1 atom stereocenters. The predicted octanol–water partition coefficient (Wildman–Crippen LogP) is 7.35. The zero-order valence-electron chi connectivity index (χ0n) is 19.9. The first-order valence-electron chi connectivity index (χ1n) is 12.7. The molecular weight excluding hydrogens is 412 g/mol. The summed E-state index contributed by atoms with van der Waals surface area (Å²) in [7, 11) is 0. The van der Waals surface area contributed by atoms with Crippen molar-refractivity contribution in [1.82, 2.24) is 0 Å². The smallest absolute Gasteiger partial charge is 0.320 e. The average Bonchev–Trinajstić information content (AvgIpc) is 3.14. The number of ether oxygens (including phenoxy) is 1. The molecule has 2 aromatic carbocycles. The van der Waals surface area contributed by atoms with Crippen molar-refractivity contribution in [3.63, 3.8) is 0 Å². The Morgan fingerprint density at radius 3 is 1.79 bits per heavy atom. The molecule has 0 saturated carbocycles. The number of esters is 1. The van der Waals surface area contributed by atoms with Crippen LogP contribution in [0.4, 0.5) is 0 Å². The highest BCUT2D eigenvalue weighted by Gasteiger charge is 2.32. The molecule has 33 heavy (non-hydrogen) atoms. The zero-order chi connectivity index (χ0) is 23.5. The molecule has 0 amide bonds. The van der Waals surface area contributed by atoms with Crippen LogP contribution in [0.5, 0.6) is 0 Å². The van der Waals surface area contributed by atoms with E-state index in [9.17, 15) is 14.7 Å². The maximum absolute atomic E-state index is 12.7. The van der Waals surface area contributed by atoms with Gasteiger partial charge < -0.3 is 9.84 Å². The number of carbonyl (C=O) groups is 2. The Hall–Kier alpha value is -2.62. The summed E-state index contributed by atoms with van der Waals surface area (Å²) >= 11 is 0. The Kier molecular flexibility index (Phi) is 9.99. The molecule has 1 aliphatic rings. The summed E-state index contributed by atoms with van der Waals surface area (Å²) in [6, 6.07) is 16.3. The highest BCUT2D eigenvalue weighted by Crippen LogP contribution is 2.44. The summed E-state index contributed by atoms with van der Waals surface area (Å²) in [5.74, 6) is -2.82. The molecule has 1 aliphatic carbocycles. The monoisotopic (exact) mass is 450 g/mol. The largest absolute Gasteiger partial charge is 0.481 e. The second-order valence-corrected chi connectivity index (χ2v) is 9.22. The summed E-state index contributed by atoms with van der Waals surface area (Å²) in [5, 5.41) is 9.59. The first-order valence-corrected chi connectivity index (χ1v) is 12.7. The van der Waals surface area contributed by atoms with Gasteiger partial charge in [-0.15, -0.1) is 0 Å². The Labute approximate surface area is 198 Å². The maximum atomic E-state index is 12.7. The second-order valence-electron chi connectivity index (χ2n) is 9.22. The second kappa shape index (κ2) is 13.2. The van der Waals surface area contributed by atoms with Crippen LogP contribution in [0, 0.1) is 5.92 Å². The minimum absolute atomic E-state index is 0.0480. The van der Waals surface area contributed by atoms with E-state index in [2.05, 4.69) is 31.2 Å². The molecule has 0 aliphatic heterocycles. The standard InChI is InChI=1S/C29H38O4/c1-2-3-4-5-6-7-8-9-10-11-20-26(28(30)31)29(32)33-21-27-24-18-14-12-16-22(24)23-17-13-15-19-25(23)27/h12-19,26-27H,2-11,20-21H2,1H3,(H,30,31). The van der Waals surface area contributed by atoms with Crippen LogP contribution in [0.2, 0.25) is 0 Å². The molecule has 0 heterocycles. The number of unbranched alkanes of at least 4 members (excludes halogenated alkanes) is 9. The number of aliphatic carboxylic acids is 1. The number of hydrogen-bond donors (Lipinski definition) is 1. The number of carboxylic acids is 1. The summed E-state index contributed by atoms with van der Waals surface area (Å²) in [4.78, 5) is 24.4. The lowest BCUT2D eigenvalue weighted by molar-refractivity contribution is -0.159. The van der Waals surface area contributed by atoms with Gasteiger partial charge in [0.2, 0.25) is 0 Å². The molecule has 4 nitrogen and oxygen atoms in total. The molecule has 0 aromatic heterocycles. The van der Waals surface area contributed by atoms with Gasteiger partial charge in [0.15, 0.2) is 5.92 Å². The first kappa shape index (κ1) is 25.0. The lowest BCUT2D eigenvalue weighted by atomic mass is 9.97. The number of rotatable bonds is 15. The van der Waals surface area contributed by atoms with Crippen molar-refractivity contribution in [3.8, 4) is 11.1 Å². The molecular formula is C29H38O4. The summed E-state index contributed by atoms with van der Waals surface area (Å²) in [6.07, 6.45) is 12.1. The Morgan fingerprint density at radius 1 is 0.788 bits per heavy atom. The summed E-state index contributed by atoms with van der Waals surface area (Å²) in [6.45, 7) is 2.40. The van der Waals surface area contributed by atoms with E-state index in [0.29, 0.717) is 6.42 Å². The van der Waals surface area contributed by atoms with E-state index in [4.69, 9.17) is 4.74 Å². The van der Waals surface area contributed by atoms with Crippen LogP contribution >= 0.6 is 0 Å². The zero-order valence-corrected chi connectivity index (χ0v) is 19.9. The van der Waals surface area contributed by atoms with Gasteiger partial charge in [-0.05, 0) is 28.7 Å². The molecule has 3 rings (SSSR count). The predicted molar refractivity (Wildman–Crippen MR) is 132 cm³/mol. The topological polar surface area (TPSA) is 63.6 Å². The van der Waals surface area contributed by atoms with Crippen LogP contribution in [-0.2, 0) is 14.3 Å². The van der Waals surface area contributed by atoms with Gasteiger partial charge >= 0.3 is 11.9 Å². The molecule has 0 fully saturated rings. The van der Waals surface area contributed by atoms with Crippen LogP contribution in [0.15, 0.2) is 48.5 Å². The highest BCUT2D eigenvalue weighted by molar-refractivity contribution is 5.94. The van der Waals surface area contributed by atoms with Gasteiger partial charge in [0.05, 0.1) is 0 Å². The minimum atomic E-state index is -1.08. The number of carboxylic acid groups (broad SMARTS) is 1. The molecule has 178 valence electrons. The van der Waals surface area contributed by atoms with Crippen molar-refractivity contribution in [2.45, 2.75) is 83.5 Å². The van der Waals surface area contributed by atoms with Crippen LogP contribution in [0.25, 0.3) is 11.1 Å². The fourth-order valence-electron chi connectivity index (χ4n) is 4.88. The fraction of sp³-hybridized carbons (Fsp3) is 0.517. The SMILES string of the molecule is CCCCCCCCCCCCC(C(=O)O)C(=O)OCC1c2ccccc2-c2ccccc21. The third-order valence-corrected chi connectivity index (χ3v) is 6.78. The molecule has 0 bridgehead atoms. The lowest BCUT2D eigenvalue weighted by Crippen LogP contribution is -2.27. The quantitative estimate of drug-likeness (QED) is 0.175. The number of fused-ring (bicyclic) bond motifs is 3. The molecule has 2 aromatic rings. The van der Waals surface area contributed by atoms with Gasteiger partial charge in [0.1, 0.15) is 6.61 Å². The van der Waals surface area contributed by atoms with E-state index < -0.39 is 17.9 Å². The van der Waals surface area contributed by atoms with E-state index in [0.717, 1.165) is 41.5 Å². The molecule has 4 heteroatoms. The van der Waals surface area contributed by atoms with Crippen molar-refractivity contribution in [2.75, 3.05) is 6.61 Å². The van der Waals surface area contributed by atoms with Gasteiger partial charge in [-0.25, -0.2) is 0 Å². The van der Waals surface area contributed by atoms with E-state index in [1.54, 1.807) is 0 Å². The van der Waals surface area contributed by atoms with E-state index in [1.165, 1.54) is 44.9 Å². The van der Waals surface area contributed by atoms with Crippen molar-refractivity contribution >= 4 is 11.9 Å². The third-order valence-electron chi connectivity index (χ3n) is 6.78. The summed E-state index contributed by atoms with van der Waals surface area (Å²) < 4.78 is 5.59. The first-order chi connectivity index (χ1) is 16.1. The van der Waals surface area contributed by atoms with Crippen molar-refractivity contribution in [1.29, 1.82) is 0 Å². The normalized spacial score (nSPS) is 13.4. The van der Waals surface area contributed by atoms with Gasteiger partial charge in [0.25, 0.3) is 0 Å². The van der Waals surface area contributed by atoms with E-state index in [-0.39, 0.29) is 12.5 Å². The Balaban J connectivity index is 1.43. The minimum Gasteiger partial charge on any atom is -0.481 e. The lowest BCUT2D eigenvalue weighted by Gasteiger charge is -2.17. The van der Waals surface area contributed by atoms with Gasteiger partial charge in [0, 0.05) is 5.92 Å². The maximum Gasteiger partial charge on any atom is 0.320 e. The molecule has 0 saturated heterocycles. The number of carbonyl (C=O) groups excluding carboxylic acids is 1. The van der Waals surface area contributed by atoms with Gasteiger partial charge in [-0.3, -0.25) is 9.59 Å². The van der Waals surface area contributed by atoms with Crippen molar-refractivity contribution in [2.24, 2.45) is 5.92 Å². The Morgan fingerprint density at radius 2 is 1.27 bits per heavy atom. The van der Waals surface area contributed by atoms with Crippen LogP contribution in [0.3, 0.4) is 0 Å². The van der Waals surface area contributed by atoms with Gasteiger partial charge in [-0.1, -0.05) is 120 Å². The number of benzene rings is 2. The molecule has 0 radical (unpaired) electrons. The van der Waals surface area contributed by atoms with Crippen molar-refractivity contribution in [3.05, 3.63) is 59.7 Å². The van der Waals surface area contributed by atoms with E-state index >= 15 is 0 Å². The van der Waals surface area contributed by atoms with Crippen LogP contribution < -0.4 is 0 Å². The fourth-order valence-corrected chi connectivity index (χ4v) is 4.88. The Bertz CT molecular complexity index is 858. The molecule has 0 spiro atoms. The summed E-state index contributed by atoms with van der Waals surface area (Å²) in [5.41, 5.74) is 4.59. The van der Waals surface area contributed by atoms with E-state index in [1.807, 2.05) is 24.3 Å². The van der Waals surface area contributed by atoms with Crippen LogP contribution in [0.1, 0.15) is 94.6 Å². The number of hydrogen-bond acceptors (Lipinski definition) is 3. The van der Waals surface area contributed by atoms with Crippen molar-refractivity contribution < 1.29 is 19.4 Å². The highest BCUT2D eigenvalue weighted by atomic mass is 16.5.